The Labute approximate surface area is 205 Å². The molecule has 0 radical (unpaired) electrons. The molecule has 0 bridgehead atoms. The van der Waals surface area contributed by atoms with Crippen molar-refractivity contribution in [1.29, 1.82) is 0 Å². The highest BCUT2D eigenvalue weighted by Crippen LogP contribution is 2.24. The Balaban J connectivity index is 1.64. The van der Waals surface area contributed by atoms with E-state index in [1.807, 2.05) is 12.1 Å². The Bertz CT molecular complexity index is 1230. The molecule has 8 nitrogen and oxygen atoms in total. The van der Waals surface area contributed by atoms with E-state index in [0.29, 0.717) is 16.5 Å². The Hall–Kier alpha value is -3.95. The van der Waals surface area contributed by atoms with E-state index in [1.54, 1.807) is 24.3 Å². The third kappa shape index (κ3) is 6.53. The predicted molar refractivity (Wildman–Crippen MR) is 132 cm³/mol. The number of esters is 2. The highest BCUT2D eigenvalue weighted by Gasteiger charge is 2.14. The lowest BCUT2D eigenvalue weighted by molar-refractivity contribution is -0.115. The van der Waals surface area contributed by atoms with E-state index in [4.69, 9.17) is 37.7 Å². The predicted octanol–water partition coefficient (Wildman–Crippen LogP) is 4.70. The minimum Gasteiger partial charge on any atom is -0.465 e. The van der Waals surface area contributed by atoms with Crippen molar-refractivity contribution in [1.82, 2.24) is 5.32 Å². The molecule has 0 unspecified atom stereocenters. The van der Waals surface area contributed by atoms with Gasteiger partial charge in [-0.3, -0.25) is 10.1 Å². The van der Waals surface area contributed by atoms with Gasteiger partial charge in [-0.2, -0.15) is 0 Å². The van der Waals surface area contributed by atoms with Crippen LogP contribution in [-0.2, 0) is 14.3 Å². The van der Waals surface area contributed by atoms with Crippen LogP contribution in [0.3, 0.4) is 0 Å². The van der Waals surface area contributed by atoms with E-state index in [0.717, 1.165) is 5.56 Å². The number of hydrogen-bond acceptors (Lipinski definition) is 7. The molecular weight excluding hydrogens is 480 g/mol. The third-order valence-corrected chi connectivity index (χ3v) is 4.88. The first-order chi connectivity index (χ1) is 16.3. The monoisotopic (exact) mass is 498 g/mol. The van der Waals surface area contributed by atoms with Gasteiger partial charge < -0.3 is 19.2 Å². The molecule has 0 saturated carbocycles. The normalized spacial score (nSPS) is 10.6. The van der Waals surface area contributed by atoms with Crippen LogP contribution < -0.4 is 10.6 Å². The van der Waals surface area contributed by atoms with Gasteiger partial charge in [-0.05, 0) is 72.9 Å². The lowest BCUT2D eigenvalue weighted by Gasteiger charge is -2.11. The molecule has 2 aromatic carbocycles. The van der Waals surface area contributed by atoms with Crippen molar-refractivity contribution in [3.05, 3.63) is 82.6 Å². The SMILES string of the molecule is COC(=O)c1cc(NC(=S)NC(=O)C=Cc2ccc(-c3ccc(Cl)cc3)o2)cc(C(=O)OC)c1. The zero-order valence-electron chi connectivity index (χ0n) is 18.1. The largest absolute Gasteiger partial charge is 0.465 e. The molecule has 0 spiro atoms. The molecule has 0 aliphatic carbocycles. The Morgan fingerprint density at radius 3 is 2.15 bits per heavy atom. The lowest BCUT2D eigenvalue weighted by Crippen LogP contribution is -2.33. The molecule has 0 fully saturated rings. The summed E-state index contributed by atoms with van der Waals surface area (Å²) in [6.07, 6.45) is 2.74. The van der Waals surface area contributed by atoms with Gasteiger partial charge >= 0.3 is 11.9 Å². The number of halogens is 1. The Morgan fingerprint density at radius 1 is 0.941 bits per heavy atom. The summed E-state index contributed by atoms with van der Waals surface area (Å²) < 4.78 is 15.1. The van der Waals surface area contributed by atoms with Crippen molar-refractivity contribution in [3.8, 4) is 11.3 Å². The van der Waals surface area contributed by atoms with E-state index < -0.39 is 17.8 Å². The molecule has 1 amide bonds. The van der Waals surface area contributed by atoms with Crippen LogP contribution in [0.4, 0.5) is 5.69 Å². The number of amides is 1. The van der Waals surface area contributed by atoms with Crippen LogP contribution in [-0.4, -0.2) is 37.2 Å². The van der Waals surface area contributed by atoms with Crippen molar-refractivity contribution >= 4 is 58.5 Å². The van der Waals surface area contributed by atoms with Gasteiger partial charge in [0, 0.05) is 22.3 Å². The molecule has 0 atom stereocenters. The molecule has 3 aromatic rings. The molecule has 1 heterocycles. The van der Waals surface area contributed by atoms with Gasteiger partial charge in [0.1, 0.15) is 11.5 Å². The summed E-state index contributed by atoms with van der Waals surface area (Å²) >= 11 is 11.0. The number of hydrogen-bond donors (Lipinski definition) is 2. The van der Waals surface area contributed by atoms with Crippen LogP contribution in [0, 0.1) is 0 Å². The number of carbonyl (C=O) groups excluding carboxylic acids is 3. The number of rotatable bonds is 6. The lowest BCUT2D eigenvalue weighted by atomic mass is 10.1. The fraction of sp³-hybridized carbons (Fsp3) is 0.0833. The highest BCUT2D eigenvalue weighted by molar-refractivity contribution is 7.80. The van der Waals surface area contributed by atoms with Gasteiger partial charge in [-0.15, -0.1) is 0 Å². The van der Waals surface area contributed by atoms with Gasteiger partial charge in [0.2, 0.25) is 5.91 Å². The number of methoxy groups -OCH3 is 2. The summed E-state index contributed by atoms with van der Waals surface area (Å²) in [5, 5.41) is 5.80. The van der Waals surface area contributed by atoms with E-state index in [1.165, 1.54) is 44.6 Å². The quantitative estimate of drug-likeness (QED) is 0.286. The first-order valence-corrected chi connectivity index (χ1v) is 10.5. The minimum absolute atomic E-state index is 0.0474. The number of anilines is 1. The van der Waals surface area contributed by atoms with Crippen LogP contribution in [0.25, 0.3) is 17.4 Å². The summed E-state index contributed by atoms with van der Waals surface area (Å²) in [5.41, 5.74) is 1.35. The molecule has 34 heavy (non-hydrogen) atoms. The number of nitrogens with one attached hydrogen (secondary N) is 2. The maximum Gasteiger partial charge on any atom is 0.337 e. The smallest absolute Gasteiger partial charge is 0.337 e. The summed E-state index contributed by atoms with van der Waals surface area (Å²) in [5.74, 6) is -0.723. The van der Waals surface area contributed by atoms with Gasteiger partial charge in [0.25, 0.3) is 0 Å². The Kier molecular flexibility index (Phi) is 8.18. The number of carbonyl (C=O) groups is 3. The van der Waals surface area contributed by atoms with E-state index >= 15 is 0 Å². The maximum atomic E-state index is 12.2. The van der Waals surface area contributed by atoms with E-state index in [-0.39, 0.29) is 21.9 Å². The Morgan fingerprint density at radius 2 is 1.56 bits per heavy atom. The molecule has 10 heteroatoms. The fourth-order valence-electron chi connectivity index (χ4n) is 2.86. The van der Waals surface area contributed by atoms with Crippen LogP contribution in [0.2, 0.25) is 5.02 Å². The zero-order chi connectivity index (χ0) is 24.7. The number of benzene rings is 2. The van der Waals surface area contributed by atoms with E-state index in [2.05, 4.69) is 10.6 Å². The summed E-state index contributed by atoms with van der Waals surface area (Å²) in [6.45, 7) is 0. The second-order valence-electron chi connectivity index (χ2n) is 6.77. The zero-order valence-corrected chi connectivity index (χ0v) is 19.7. The van der Waals surface area contributed by atoms with E-state index in [9.17, 15) is 14.4 Å². The first kappa shape index (κ1) is 24.7. The average Bonchev–Trinajstić information content (AvgIpc) is 3.31. The van der Waals surface area contributed by atoms with Gasteiger partial charge in [-0.25, -0.2) is 9.59 Å². The molecule has 0 aliphatic rings. The van der Waals surface area contributed by atoms with Gasteiger partial charge in [0.05, 0.1) is 25.3 Å². The number of furan rings is 1. The molecule has 174 valence electrons. The molecule has 2 N–H and O–H groups in total. The van der Waals surface area contributed by atoms with Crippen molar-refractivity contribution in [2.75, 3.05) is 19.5 Å². The molecule has 3 rings (SSSR count). The van der Waals surface area contributed by atoms with Crippen LogP contribution >= 0.6 is 23.8 Å². The van der Waals surface area contributed by atoms with Crippen LogP contribution in [0.15, 0.2) is 65.1 Å². The fourth-order valence-corrected chi connectivity index (χ4v) is 3.20. The van der Waals surface area contributed by atoms with Crippen LogP contribution in [0.5, 0.6) is 0 Å². The second-order valence-corrected chi connectivity index (χ2v) is 7.61. The second kappa shape index (κ2) is 11.3. The maximum absolute atomic E-state index is 12.2. The molecule has 0 aliphatic heterocycles. The number of ether oxygens (including phenoxy) is 2. The standard InChI is InChI=1S/C24H19ClN2O6S/c1-31-22(29)15-11-16(23(30)32-2)13-18(12-15)26-24(34)27-21(28)10-8-19-7-9-20(33-19)14-3-5-17(25)6-4-14/h3-13H,1-2H3,(H2,26,27,28,34). The van der Waals surface area contributed by atoms with Gasteiger partial charge in [-0.1, -0.05) is 11.6 Å². The summed E-state index contributed by atoms with van der Waals surface area (Å²) in [7, 11) is 2.43. The van der Waals surface area contributed by atoms with Gasteiger partial charge in [0.15, 0.2) is 5.11 Å². The summed E-state index contributed by atoms with van der Waals surface area (Å²) in [6, 6.07) is 14.8. The van der Waals surface area contributed by atoms with Crippen molar-refractivity contribution in [2.24, 2.45) is 0 Å². The van der Waals surface area contributed by atoms with Crippen molar-refractivity contribution < 1.29 is 28.3 Å². The first-order valence-electron chi connectivity index (χ1n) is 9.76. The summed E-state index contributed by atoms with van der Waals surface area (Å²) in [4.78, 5) is 36.0. The highest BCUT2D eigenvalue weighted by atomic mass is 35.5. The number of thiocarbonyl (C=S) groups is 1. The van der Waals surface area contributed by atoms with Crippen LogP contribution in [0.1, 0.15) is 26.5 Å². The topological polar surface area (TPSA) is 107 Å². The average molecular weight is 499 g/mol. The molecular formula is C24H19ClN2O6S. The molecule has 0 saturated heterocycles. The third-order valence-electron chi connectivity index (χ3n) is 4.42. The molecule has 1 aromatic heterocycles. The van der Waals surface area contributed by atoms with Crippen molar-refractivity contribution in [2.45, 2.75) is 0 Å². The minimum atomic E-state index is -0.650. The van der Waals surface area contributed by atoms with Crippen molar-refractivity contribution in [3.63, 3.8) is 0 Å².